The lowest BCUT2D eigenvalue weighted by molar-refractivity contribution is -0.115. The zero-order chi connectivity index (χ0) is 17.5. The summed E-state index contributed by atoms with van der Waals surface area (Å²) >= 11 is 0. The Morgan fingerprint density at radius 2 is 1.71 bits per heavy atom. The van der Waals surface area contributed by atoms with Gasteiger partial charge in [-0.05, 0) is 42.5 Å². The van der Waals surface area contributed by atoms with Gasteiger partial charge in [-0.3, -0.25) is 9.59 Å². The van der Waals surface area contributed by atoms with Gasteiger partial charge in [-0.1, -0.05) is 0 Å². The first-order chi connectivity index (χ1) is 11.5. The molecule has 2 aromatic carbocycles. The van der Waals surface area contributed by atoms with Gasteiger partial charge in [0.2, 0.25) is 11.8 Å². The lowest BCUT2D eigenvalue weighted by Gasteiger charge is -2.10. The fourth-order valence-corrected chi connectivity index (χ4v) is 1.98. The van der Waals surface area contributed by atoms with E-state index < -0.39 is 5.82 Å². The molecule has 0 heterocycles. The van der Waals surface area contributed by atoms with Crippen molar-refractivity contribution in [3.63, 3.8) is 0 Å². The van der Waals surface area contributed by atoms with E-state index in [-0.39, 0.29) is 24.0 Å². The third kappa shape index (κ3) is 4.98. The van der Waals surface area contributed by atoms with Crippen molar-refractivity contribution in [2.45, 2.75) is 6.92 Å². The van der Waals surface area contributed by atoms with E-state index in [0.29, 0.717) is 17.1 Å². The molecule has 3 N–H and O–H groups in total. The summed E-state index contributed by atoms with van der Waals surface area (Å²) < 4.78 is 18.6. The molecule has 0 unspecified atom stereocenters. The molecule has 0 aliphatic rings. The predicted molar refractivity (Wildman–Crippen MR) is 90.8 cm³/mol. The third-order valence-electron chi connectivity index (χ3n) is 3.10. The van der Waals surface area contributed by atoms with Gasteiger partial charge in [0.05, 0.1) is 19.3 Å². The number of benzene rings is 2. The van der Waals surface area contributed by atoms with E-state index in [2.05, 4.69) is 16.0 Å². The maximum atomic E-state index is 13.5. The summed E-state index contributed by atoms with van der Waals surface area (Å²) in [5.41, 5.74) is 1.22. The topological polar surface area (TPSA) is 79.5 Å². The predicted octanol–water partition coefficient (Wildman–Crippen LogP) is 2.84. The molecule has 2 rings (SSSR count). The molecule has 0 saturated heterocycles. The highest BCUT2D eigenvalue weighted by atomic mass is 19.1. The molecule has 2 aromatic rings. The molecule has 0 radical (unpaired) electrons. The molecule has 0 aromatic heterocycles. The summed E-state index contributed by atoms with van der Waals surface area (Å²) in [5, 5.41) is 7.98. The van der Waals surface area contributed by atoms with Crippen molar-refractivity contribution in [2.24, 2.45) is 0 Å². The van der Waals surface area contributed by atoms with Crippen molar-refractivity contribution in [3.8, 4) is 5.75 Å². The normalized spacial score (nSPS) is 9.96. The molecule has 0 bridgehead atoms. The molecule has 0 spiro atoms. The number of rotatable bonds is 6. The largest absolute Gasteiger partial charge is 0.497 e. The molecule has 0 saturated carbocycles. The van der Waals surface area contributed by atoms with E-state index in [9.17, 15) is 14.0 Å². The highest BCUT2D eigenvalue weighted by molar-refractivity contribution is 5.94. The lowest BCUT2D eigenvalue weighted by Crippen LogP contribution is -2.21. The van der Waals surface area contributed by atoms with Crippen LogP contribution in [0.25, 0.3) is 0 Å². The monoisotopic (exact) mass is 331 g/mol. The molecule has 0 aliphatic carbocycles. The third-order valence-corrected chi connectivity index (χ3v) is 3.10. The van der Waals surface area contributed by atoms with Gasteiger partial charge in [-0.25, -0.2) is 4.39 Å². The number of hydrogen-bond acceptors (Lipinski definition) is 4. The number of ether oxygens (including phenoxy) is 1. The Hall–Kier alpha value is -3.09. The molecule has 0 fully saturated rings. The van der Waals surface area contributed by atoms with Crippen molar-refractivity contribution in [2.75, 3.05) is 29.6 Å². The average molecular weight is 331 g/mol. The SMILES string of the molecule is COc1ccc(NC(=O)CNc2ccc(F)c(NC(C)=O)c2)cc1. The van der Waals surface area contributed by atoms with E-state index in [1.54, 1.807) is 31.4 Å². The van der Waals surface area contributed by atoms with Crippen LogP contribution in [0.3, 0.4) is 0 Å². The van der Waals surface area contributed by atoms with Gasteiger partial charge < -0.3 is 20.7 Å². The second-order valence-corrected chi connectivity index (χ2v) is 5.01. The quantitative estimate of drug-likeness (QED) is 0.760. The maximum Gasteiger partial charge on any atom is 0.243 e. The Kier molecular flexibility index (Phi) is 5.73. The van der Waals surface area contributed by atoms with Gasteiger partial charge in [0.25, 0.3) is 0 Å². The lowest BCUT2D eigenvalue weighted by atomic mass is 10.2. The summed E-state index contributed by atoms with van der Waals surface area (Å²) in [6.07, 6.45) is 0. The molecule has 2 amide bonds. The highest BCUT2D eigenvalue weighted by Crippen LogP contribution is 2.19. The fraction of sp³-hybridized carbons (Fsp3) is 0.176. The van der Waals surface area contributed by atoms with Crippen LogP contribution < -0.4 is 20.7 Å². The van der Waals surface area contributed by atoms with Crippen molar-refractivity contribution < 1.29 is 18.7 Å². The summed E-state index contributed by atoms with van der Waals surface area (Å²) in [7, 11) is 1.56. The van der Waals surface area contributed by atoms with Crippen molar-refractivity contribution in [3.05, 3.63) is 48.3 Å². The van der Waals surface area contributed by atoms with Crippen LogP contribution >= 0.6 is 0 Å². The number of nitrogens with one attached hydrogen (secondary N) is 3. The summed E-state index contributed by atoms with van der Waals surface area (Å²) in [4.78, 5) is 22.9. The highest BCUT2D eigenvalue weighted by Gasteiger charge is 2.07. The molecule has 0 aliphatic heterocycles. The Labute approximate surface area is 139 Å². The maximum absolute atomic E-state index is 13.5. The van der Waals surface area contributed by atoms with Gasteiger partial charge in [-0.2, -0.15) is 0 Å². The van der Waals surface area contributed by atoms with Crippen LogP contribution in [0.1, 0.15) is 6.92 Å². The summed E-state index contributed by atoms with van der Waals surface area (Å²) in [6, 6.07) is 11.1. The van der Waals surface area contributed by atoms with Gasteiger partial charge in [0.1, 0.15) is 11.6 Å². The number of halogens is 1. The summed E-state index contributed by atoms with van der Waals surface area (Å²) in [5.74, 6) is -0.477. The van der Waals surface area contributed by atoms with Gasteiger partial charge >= 0.3 is 0 Å². The number of methoxy groups -OCH3 is 1. The molecule has 0 atom stereocenters. The van der Waals surface area contributed by atoms with E-state index in [0.717, 1.165) is 0 Å². The van der Waals surface area contributed by atoms with E-state index in [1.807, 2.05) is 0 Å². The zero-order valence-corrected chi connectivity index (χ0v) is 13.4. The minimum atomic E-state index is -0.543. The second-order valence-electron chi connectivity index (χ2n) is 5.01. The first kappa shape index (κ1) is 17.3. The average Bonchev–Trinajstić information content (AvgIpc) is 2.56. The zero-order valence-electron chi connectivity index (χ0n) is 13.4. The van der Waals surface area contributed by atoms with Crippen molar-refractivity contribution >= 4 is 28.9 Å². The van der Waals surface area contributed by atoms with Crippen LogP contribution in [0.5, 0.6) is 5.75 Å². The van der Waals surface area contributed by atoms with Gasteiger partial charge in [0, 0.05) is 18.3 Å². The van der Waals surface area contributed by atoms with E-state index in [1.165, 1.54) is 25.1 Å². The van der Waals surface area contributed by atoms with Gasteiger partial charge in [-0.15, -0.1) is 0 Å². The Morgan fingerprint density at radius 1 is 1.04 bits per heavy atom. The Balaban J connectivity index is 1.92. The van der Waals surface area contributed by atoms with Crippen LogP contribution in [-0.2, 0) is 9.59 Å². The molecule has 6 nitrogen and oxygen atoms in total. The van der Waals surface area contributed by atoms with Crippen LogP contribution in [0.2, 0.25) is 0 Å². The van der Waals surface area contributed by atoms with Crippen LogP contribution in [0.15, 0.2) is 42.5 Å². The number of hydrogen-bond donors (Lipinski definition) is 3. The molecular weight excluding hydrogens is 313 g/mol. The fourth-order valence-electron chi connectivity index (χ4n) is 1.98. The number of amides is 2. The van der Waals surface area contributed by atoms with Crippen LogP contribution in [0, 0.1) is 5.82 Å². The standard InChI is InChI=1S/C17H18FN3O3/c1-11(22)20-16-9-13(5-8-15(16)18)19-10-17(23)21-12-3-6-14(24-2)7-4-12/h3-9,19H,10H2,1-2H3,(H,20,22)(H,21,23). The minimum absolute atomic E-state index is 0.00280. The number of carbonyl (C=O) groups excluding carboxylic acids is 2. The molecular formula is C17H18FN3O3. The number of carbonyl (C=O) groups is 2. The van der Waals surface area contributed by atoms with Crippen molar-refractivity contribution in [1.82, 2.24) is 0 Å². The Morgan fingerprint density at radius 3 is 2.33 bits per heavy atom. The molecule has 24 heavy (non-hydrogen) atoms. The number of anilines is 3. The first-order valence-corrected chi connectivity index (χ1v) is 7.23. The van der Waals surface area contributed by atoms with E-state index in [4.69, 9.17) is 4.74 Å². The minimum Gasteiger partial charge on any atom is -0.497 e. The Bertz CT molecular complexity index is 732. The smallest absolute Gasteiger partial charge is 0.243 e. The van der Waals surface area contributed by atoms with Crippen molar-refractivity contribution in [1.29, 1.82) is 0 Å². The molecule has 7 heteroatoms. The summed E-state index contributed by atoms with van der Waals surface area (Å²) in [6.45, 7) is 1.29. The first-order valence-electron chi connectivity index (χ1n) is 7.23. The van der Waals surface area contributed by atoms with E-state index >= 15 is 0 Å². The van der Waals surface area contributed by atoms with Crippen LogP contribution in [0.4, 0.5) is 21.5 Å². The molecule has 126 valence electrons. The van der Waals surface area contributed by atoms with Crippen LogP contribution in [-0.4, -0.2) is 25.5 Å². The van der Waals surface area contributed by atoms with Gasteiger partial charge in [0.15, 0.2) is 0 Å². The second kappa shape index (κ2) is 7.96.